The van der Waals surface area contributed by atoms with Crippen molar-refractivity contribution in [3.63, 3.8) is 0 Å². The molecule has 0 aromatic heterocycles. The van der Waals surface area contributed by atoms with Crippen LogP contribution in [0.1, 0.15) is 26.7 Å². The number of hydrogen-bond acceptors (Lipinski definition) is 2. The number of rotatable bonds is 3. The number of hydrogen-bond donors (Lipinski definition) is 2. The molecule has 0 saturated heterocycles. The van der Waals surface area contributed by atoms with Crippen LogP contribution in [0.5, 0.6) is 0 Å². The third-order valence-corrected chi connectivity index (χ3v) is 1.25. The SMILES string of the molecule is CCCC(C)B(O)O.Cl. The van der Waals surface area contributed by atoms with Gasteiger partial charge in [-0.2, -0.15) is 0 Å². The van der Waals surface area contributed by atoms with Crippen molar-refractivity contribution in [1.82, 2.24) is 0 Å². The molecule has 9 heavy (non-hydrogen) atoms. The molecule has 2 N–H and O–H groups in total. The Morgan fingerprint density at radius 1 is 1.44 bits per heavy atom. The van der Waals surface area contributed by atoms with Gasteiger partial charge in [0.1, 0.15) is 0 Å². The van der Waals surface area contributed by atoms with E-state index in [4.69, 9.17) is 10.0 Å². The van der Waals surface area contributed by atoms with Crippen LogP contribution >= 0.6 is 12.4 Å². The van der Waals surface area contributed by atoms with E-state index >= 15 is 0 Å². The molecule has 0 saturated carbocycles. The van der Waals surface area contributed by atoms with Crippen molar-refractivity contribution < 1.29 is 10.0 Å². The zero-order chi connectivity index (χ0) is 6.57. The molecule has 0 aliphatic heterocycles. The van der Waals surface area contributed by atoms with Crippen LogP contribution < -0.4 is 0 Å². The van der Waals surface area contributed by atoms with Crippen molar-refractivity contribution >= 4 is 19.5 Å². The first kappa shape index (κ1) is 12.0. The van der Waals surface area contributed by atoms with Crippen LogP contribution in [0.4, 0.5) is 0 Å². The summed E-state index contributed by atoms with van der Waals surface area (Å²) in [5.41, 5.74) is 0. The molecule has 0 fully saturated rings. The molecule has 0 bridgehead atoms. The minimum atomic E-state index is -1.13. The summed E-state index contributed by atoms with van der Waals surface area (Å²) in [7, 11) is -1.13. The molecule has 0 aromatic rings. The summed E-state index contributed by atoms with van der Waals surface area (Å²) in [6.45, 7) is 3.85. The highest BCUT2D eigenvalue weighted by Gasteiger charge is 2.15. The van der Waals surface area contributed by atoms with E-state index in [-0.39, 0.29) is 18.2 Å². The first-order valence-corrected chi connectivity index (χ1v) is 3.04. The van der Waals surface area contributed by atoms with E-state index in [1.807, 2.05) is 13.8 Å². The summed E-state index contributed by atoms with van der Waals surface area (Å²) in [5, 5.41) is 17.0. The Morgan fingerprint density at radius 2 is 1.89 bits per heavy atom. The van der Waals surface area contributed by atoms with Gasteiger partial charge < -0.3 is 10.0 Å². The lowest BCUT2D eigenvalue weighted by Crippen LogP contribution is -2.17. The maximum absolute atomic E-state index is 8.51. The molecule has 0 heterocycles. The Morgan fingerprint density at radius 3 is 2.00 bits per heavy atom. The average molecular weight is 152 g/mol. The molecule has 0 amide bonds. The molecule has 0 aromatic carbocycles. The molecule has 0 radical (unpaired) electrons. The maximum atomic E-state index is 8.51. The van der Waals surface area contributed by atoms with E-state index in [1.165, 1.54) is 0 Å². The van der Waals surface area contributed by atoms with E-state index in [0.29, 0.717) is 0 Å². The van der Waals surface area contributed by atoms with Crippen LogP contribution in [-0.4, -0.2) is 17.2 Å². The molecule has 0 rings (SSSR count). The zero-order valence-electron chi connectivity index (χ0n) is 5.87. The molecule has 0 aliphatic carbocycles. The molecular weight excluding hydrogens is 138 g/mol. The van der Waals surface area contributed by atoms with E-state index in [2.05, 4.69) is 0 Å². The smallest absolute Gasteiger partial charge is 0.427 e. The first-order chi connectivity index (χ1) is 3.68. The standard InChI is InChI=1S/C5H13BO2.ClH/c1-3-4-5(2)6(7)8;/h5,7-8H,3-4H2,1-2H3;1H. The second-order valence-corrected chi connectivity index (χ2v) is 2.18. The summed E-state index contributed by atoms with van der Waals surface area (Å²) >= 11 is 0. The highest BCUT2D eigenvalue weighted by Crippen LogP contribution is 2.11. The van der Waals surface area contributed by atoms with Crippen LogP contribution in [-0.2, 0) is 0 Å². The predicted octanol–water partition coefficient (Wildman–Crippen LogP) is 1.07. The minimum absolute atomic E-state index is 0. The summed E-state index contributed by atoms with van der Waals surface area (Å²) in [5.74, 6) is 0.0278. The van der Waals surface area contributed by atoms with Gasteiger partial charge in [0.2, 0.25) is 0 Å². The summed E-state index contributed by atoms with van der Waals surface area (Å²) in [6, 6.07) is 0. The third kappa shape index (κ3) is 6.16. The highest BCUT2D eigenvalue weighted by molar-refractivity contribution is 6.42. The zero-order valence-corrected chi connectivity index (χ0v) is 6.69. The Kier molecular flexibility index (Phi) is 8.53. The second-order valence-electron chi connectivity index (χ2n) is 2.18. The monoisotopic (exact) mass is 152 g/mol. The van der Waals surface area contributed by atoms with Gasteiger partial charge in [-0.25, -0.2) is 0 Å². The van der Waals surface area contributed by atoms with Crippen molar-refractivity contribution in [3.05, 3.63) is 0 Å². The maximum Gasteiger partial charge on any atom is 0.454 e. The Balaban J connectivity index is 0. The van der Waals surface area contributed by atoms with Crippen LogP contribution in [0.2, 0.25) is 5.82 Å². The highest BCUT2D eigenvalue weighted by atomic mass is 35.5. The van der Waals surface area contributed by atoms with Crippen LogP contribution in [0, 0.1) is 0 Å². The van der Waals surface area contributed by atoms with Crippen molar-refractivity contribution in [1.29, 1.82) is 0 Å². The topological polar surface area (TPSA) is 40.5 Å². The van der Waals surface area contributed by atoms with Crippen LogP contribution in [0.3, 0.4) is 0 Å². The first-order valence-electron chi connectivity index (χ1n) is 3.04. The van der Waals surface area contributed by atoms with E-state index in [9.17, 15) is 0 Å². The third-order valence-electron chi connectivity index (χ3n) is 1.25. The predicted molar refractivity (Wildman–Crippen MR) is 41.8 cm³/mol. The van der Waals surface area contributed by atoms with Crippen molar-refractivity contribution in [2.45, 2.75) is 32.5 Å². The molecule has 56 valence electrons. The Bertz CT molecular complexity index is 60.9. The summed E-state index contributed by atoms with van der Waals surface area (Å²) in [6.07, 6.45) is 1.90. The Labute approximate surface area is 62.8 Å². The van der Waals surface area contributed by atoms with E-state index < -0.39 is 7.12 Å². The van der Waals surface area contributed by atoms with Crippen molar-refractivity contribution in [2.75, 3.05) is 0 Å². The normalized spacial score (nSPS) is 12.0. The van der Waals surface area contributed by atoms with Gasteiger partial charge in [0.05, 0.1) is 0 Å². The molecule has 2 nitrogen and oxygen atoms in total. The van der Waals surface area contributed by atoms with Gasteiger partial charge in [-0.1, -0.05) is 26.7 Å². The van der Waals surface area contributed by atoms with Gasteiger partial charge in [0.25, 0.3) is 0 Å². The van der Waals surface area contributed by atoms with Gasteiger partial charge in [0.15, 0.2) is 0 Å². The van der Waals surface area contributed by atoms with E-state index in [1.54, 1.807) is 0 Å². The summed E-state index contributed by atoms with van der Waals surface area (Å²) < 4.78 is 0. The van der Waals surface area contributed by atoms with Crippen molar-refractivity contribution in [2.24, 2.45) is 0 Å². The van der Waals surface area contributed by atoms with Crippen LogP contribution in [0.15, 0.2) is 0 Å². The van der Waals surface area contributed by atoms with Gasteiger partial charge in [-0.3, -0.25) is 0 Å². The van der Waals surface area contributed by atoms with Gasteiger partial charge in [-0.05, 0) is 5.82 Å². The molecule has 0 spiro atoms. The fourth-order valence-electron chi connectivity index (χ4n) is 0.604. The van der Waals surface area contributed by atoms with E-state index in [0.717, 1.165) is 12.8 Å². The fourth-order valence-corrected chi connectivity index (χ4v) is 0.604. The summed E-state index contributed by atoms with van der Waals surface area (Å²) in [4.78, 5) is 0. The average Bonchev–Trinajstić information content (AvgIpc) is 1.67. The lowest BCUT2D eigenvalue weighted by molar-refractivity contribution is 0.383. The second kappa shape index (κ2) is 6.40. The molecule has 1 atom stereocenters. The molecule has 1 unspecified atom stereocenters. The van der Waals surface area contributed by atoms with Crippen LogP contribution in [0.25, 0.3) is 0 Å². The molecule has 0 aliphatic rings. The van der Waals surface area contributed by atoms with Gasteiger partial charge >= 0.3 is 7.12 Å². The molecule has 4 heteroatoms. The van der Waals surface area contributed by atoms with Gasteiger partial charge in [-0.15, -0.1) is 12.4 Å². The van der Waals surface area contributed by atoms with Crippen molar-refractivity contribution in [3.8, 4) is 0 Å². The Hall–Kier alpha value is 0.275. The lowest BCUT2D eigenvalue weighted by Gasteiger charge is -2.05. The fraction of sp³-hybridized carbons (Fsp3) is 1.00. The molecular formula is C5H14BClO2. The quantitative estimate of drug-likeness (QED) is 0.594. The number of halogens is 1. The van der Waals surface area contributed by atoms with Gasteiger partial charge in [0, 0.05) is 0 Å². The minimum Gasteiger partial charge on any atom is -0.427 e. The largest absolute Gasteiger partial charge is 0.454 e. The lowest BCUT2D eigenvalue weighted by atomic mass is 9.72.